The number of carbonyl (C=O) groups excluding carboxylic acids is 2. The second-order valence-corrected chi connectivity index (χ2v) is 7.26. The van der Waals surface area contributed by atoms with Gasteiger partial charge in [0.15, 0.2) is 5.11 Å². The Labute approximate surface area is 174 Å². The van der Waals surface area contributed by atoms with Crippen molar-refractivity contribution >= 4 is 34.8 Å². The zero-order valence-corrected chi connectivity index (χ0v) is 16.9. The zero-order chi connectivity index (χ0) is 20.8. The number of hydrogen-bond donors (Lipinski definition) is 3. The Morgan fingerprint density at radius 2 is 1.76 bits per heavy atom. The van der Waals surface area contributed by atoms with Gasteiger partial charge >= 0.3 is 0 Å². The van der Waals surface area contributed by atoms with Crippen LogP contribution < -0.4 is 21.1 Å². The first-order valence-corrected chi connectivity index (χ1v) is 9.84. The number of aryl methyl sites for hydroxylation is 1. The Kier molecular flexibility index (Phi) is 6.77. The largest absolute Gasteiger partial charge is 0.357 e. The highest BCUT2D eigenvalue weighted by molar-refractivity contribution is 7.80. The van der Waals surface area contributed by atoms with Crippen molar-refractivity contribution in [2.24, 2.45) is 5.92 Å². The van der Waals surface area contributed by atoms with Crippen LogP contribution in [0.4, 0.5) is 10.1 Å². The van der Waals surface area contributed by atoms with Crippen molar-refractivity contribution in [2.75, 3.05) is 11.4 Å². The van der Waals surface area contributed by atoms with Gasteiger partial charge in [-0.2, -0.15) is 0 Å². The third kappa shape index (κ3) is 5.51. The molecular weight excluding hydrogens is 391 g/mol. The molecule has 3 N–H and O–H groups in total. The van der Waals surface area contributed by atoms with E-state index in [0.717, 1.165) is 17.7 Å². The van der Waals surface area contributed by atoms with Crippen LogP contribution in [-0.4, -0.2) is 23.5 Å². The molecule has 3 rings (SSSR count). The van der Waals surface area contributed by atoms with Crippen molar-refractivity contribution in [1.29, 1.82) is 0 Å². The van der Waals surface area contributed by atoms with Crippen LogP contribution in [0.5, 0.6) is 0 Å². The summed E-state index contributed by atoms with van der Waals surface area (Å²) in [5.41, 5.74) is 8.04. The molecule has 1 fully saturated rings. The first-order valence-electron chi connectivity index (χ1n) is 9.43. The number of hydrazine groups is 1. The lowest BCUT2D eigenvalue weighted by atomic mass is 10.1. The van der Waals surface area contributed by atoms with Crippen LogP contribution in [0.25, 0.3) is 0 Å². The molecular formula is C21H23FN4O2S. The average Bonchev–Trinajstić information content (AvgIpc) is 3.13. The van der Waals surface area contributed by atoms with Crippen LogP contribution >= 0.6 is 12.2 Å². The van der Waals surface area contributed by atoms with E-state index >= 15 is 0 Å². The number of amides is 2. The Morgan fingerprint density at radius 3 is 2.41 bits per heavy atom. The number of thiocarbonyl (C=S) groups is 1. The van der Waals surface area contributed by atoms with Crippen molar-refractivity contribution in [3.8, 4) is 0 Å². The molecule has 0 aromatic heterocycles. The van der Waals surface area contributed by atoms with Gasteiger partial charge in [0.25, 0.3) is 0 Å². The van der Waals surface area contributed by atoms with Crippen molar-refractivity contribution in [3.05, 3.63) is 65.5 Å². The number of rotatable bonds is 5. The molecule has 0 radical (unpaired) electrons. The maximum absolute atomic E-state index is 12.9. The number of halogens is 1. The number of nitrogens with one attached hydrogen (secondary N) is 3. The minimum atomic E-state index is -0.458. The predicted molar refractivity (Wildman–Crippen MR) is 113 cm³/mol. The third-order valence-electron chi connectivity index (χ3n) is 4.82. The molecule has 8 heteroatoms. The van der Waals surface area contributed by atoms with Gasteiger partial charge in [0.1, 0.15) is 5.82 Å². The van der Waals surface area contributed by atoms with Crippen LogP contribution in [0.15, 0.2) is 48.5 Å². The van der Waals surface area contributed by atoms with Gasteiger partial charge in [-0.1, -0.05) is 31.2 Å². The topological polar surface area (TPSA) is 73.5 Å². The van der Waals surface area contributed by atoms with Crippen LogP contribution in [0, 0.1) is 11.7 Å². The van der Waals surface area contributed by atoms with Crippen molar-refractivity contribution < 1.29 is 14.0 Å². The summed E-state index contributed by atoms with van der Waals surface area (Å²) >= 11 is 5.13. The lowest BCUT2D eigenvalue weighted by molar-refractivity contribution is -0.126. The summed E-state index contributed by atoms with van der Waals surface area (Å²) in [5, 5.41) is 3.16. The predicted octanol–water partition coefficient (Wildman–Crippen LogP) is 2.44. The molecule has 0 bridgehead atoms. The Hall–Kier alpha value is -3.00. The summed E-state index contributed by atoms with van der Waals surface area (Å²) in [7, 11) is 0. The van der Waals surface area contributed by atoms with Gasteiger partial charge in [-0.25, -0.2) is 4.39 Å². The van der Waals surface area contributed by atoms with Gasteiger partial charge in [-0.15, -0.1) is 0 Å². The molecule has 1 unspecified atom stereocenters. The van der Waals surface area contributed by atoms with E-state index in [0.29, 0.717) is 13.1 Å². The smallest absolute Gasteiger partial charge is 0.243 e. The number of anilines is 1. The molecule has 2 aromatic carbocycles. The van der Waals surface area contributed by atoms with E-state index in [-0.39, 0.29) is 29.2 Å². The highest BCUT2D eigenvalue weighted by Gasteiger charge is 2.35. The van der Waals surface area contributed by atoms with Gasteiger partial charge < -0.3 is 10.2 Å². The van der Waals surface area contributed by atoms with Gasteiger partial charge in [-0.3, -0.25) is 20.4 Å². The maximum atomic E-state index is 12.9. The minimum absolute atomic E-state index is 0.0774. The maximum Gasteiger partial charge on any atom is 0.243 e. The molecule has 2 aromatic rings. The van der Waals surface area contributed by atoms with Crippen LogP contribution in [-0.2, 0) is 22.6 Å². The molecule has 0 spiro atoms. The molecule has 1 saturated heterocycles. The molecule has 1 aliphatic heterocycles. The molecule has 0 saturated carbocycles. The average molecular weight is 415 g/mol. The van der Waals surface area contributed by atoms with E-state index < -0.39 is 5.92 Å². The van der Waals surface area contributed by atoms with Crippen molar-refractivity contribution in [3.63, 3.8) is 0 Å². The molecule has 1 aliphatic rings. The molecule has 29 heavy (non-hydrogen) atoms. The first-order chi connectivity index (χ1) is 14.0. The van der Waals surface area contributed by atoms with E-state index in [1.54, 1.807) is 17.0 Å². The zero-order valence-electron chi connectivity index (χ0n) is 16.1. The third-order valence-corrected chi connectivity index (χ3v) is 5.06. The van der Waals surface area contributed by atoms with E-state index in [2.05, 4.69) is 23.1 Å². The van der Waals surface area contributed by atoms with Gasteiger partial charge in [-0.05, 0) is 54.0 Å². The summed E-state index contributed by atoms with van der Waals surface area (Å²) < 4.78 is 12.9. The van der Waals surface area contributed by atoms with E-state index in [9.17, 15) is 14.0 Å². The summed E-state index contributed by atoms with van der Waals surface area (Å²) in [5.74, 6) is -1.13. The van der Waals surface area contributed by atoms with Gasteiger partial charge in [0.2, 0.25) is 11.8 Å². The fourth-order valence-electron chi connectivity index (χ4n) is 3.09. The minimum Gasteiger partial charge on any atom is -0.357 e. The Balaban J connectivity index is 1.46. The van der Waals surface area contributed by atoms with E-state index in [1.807, 2.05) is 24.3 Å². The molecule has 0 aliphatic carbocycles. The normalized spacial score (nSPS) is 15.9. The van der Waals surface area contributed by atoms with Crippen LogP contribution in [0.1, 0.15) is 24.5 Å². The Bertz CT molecular complexity index is 887. The summed E-state index contributed by atoms with van der Waals surface area (Å²) in [6.07, 6.45) is 1.08. The number of hydrogen-bond acceptors (Lipinski definition) is 3. The Morgan fingerprint density at radius 1 is 1.10 bits per heavy atom. The van der Waals surface area contributed by atoms with Gasteiger partial charge in [0.05, 0.1) is 5.92 Å². The summed E-state index contributed by atoms with van der Waals surface area (Å²) in [4.78, 5) is 26.4. The number of carbonyl (C=O) groups is 2. The molecule has 6 nitrogen and oxygen atoms in total. The first kappa shape index (κ1) is 20.7. The second-order valence-electron chi connectivity index (χ2n) is 6.85. The van der Waals surface area contributed by atoms with Crippen LogP contribution in [0.3, 0.4) is 0 Å². The molecule has 2 amide bonds. The van der Waals surface area contributed by atoms with Crippen molar-refractivity contribution in [2.45, 2.75) is 26.3 Å². The highest BCUT2D eigenvalue weighted by atomic mass is 32.1. The van der Waals surface area contributed by atoms with Crippen LogP contribution in [0.2, 0.25) is 0 Å². The lowest BCUT2D eigenvalue weighted by Crippen LogP contribution is -2.48. The number of nitrogens with zero attached hydrogens (tertiary/aromatic N) is 1. The van der Waals surface area contributed by atoms with Gasteiger partial charge in [0, 0.05) is 25.2 Å². The SMILES string of the molecule is CCc1ccc(N2CC(C(=O)NNC(=S)NCc3ccc(F)cc3)CC2=O)cc1. The van der Waals surface area contributed by atoms with E-state index in [4.69, 9.17) is 12.2 Å². The second kappa shape index (κ2) is 9.47. The highest BCUT2D eigenvalue weighted by Crippen LogP contribution is 2.25. The lowest BCUT2D eigenvalue weighted by Gasteiger charge is -2.17. The number of benzene rings is 2. The standard InChI is InChI=1S/C21H23FN4O2S/c1-2-14-5-9-18(10-6-14)26-13-16(11-19(26)27)20(28)24-25-21(29)23-12-15-3-7-17(22)8-4-15/h3-10,16H,2,11-13H2,1H3,(H,24,28)(H2,23,25,29). The van der Waals surface area contributed by atoms with Crippen molar-refractivity contribution in [1.82, 2.24) is 16.2 Å². The van der Waals surface area contributed by atoms with E-state index in [1.165, 1.54) is 17.7 Å². The fourth-order valence-corrected chi connectivity index (χ4v) is 3.22. The summed E-state index contributed by atoms with van der Waals surface area (Å²) in [6, 6.07) is 13.8. The summed E-state index contributed by atoms with van der Waals surface area (Å²) in [6.45, 7) is 2.79. The molecule has 1 heterocycles. The molecule has 1 atom stereocenters. The quantitative estimate of drug-likeness (QED) is 0.518. The monoisotopic (exact) mass is 414 g/mol. The molecule has 152 valence electrons. The fraction of sp³-hybridized carbons (Fsp3) is 0.286.